The predicted octanol–water partition coefficient (Wildman–Crippen LogP) is 3.59. The zero-order chi connectivity index (χ0) is 13.8. The average molecular weight is 265 g/mol. The van der Waals surface area contributed by atoms with Crippen LogP contribution in [0.3, 0.4) is 0 Å². The van der Waals surface area contributed by atoms with Crippen LogP contribution >= 0.6 is 0 Å². The van der Waals surface area contributed by atoms with Gasteiger partial charge >= 0.3 is 6.18 Å². The number of benzene rings is 1. The molecule has 0 saturated heterocycles. The summed E-state index contributed by atoms with van der Waals surface area (Å²) in [5, 5.41) is 0. The van der Waals surface area contributed by atoms with E-state index in [0.717, 1.165) is 12.1 Å². The van der Waals surface area contributed by atoms with Crippen molar-refractivity contribution in [3.8, 4) is 0 Å². The van der Waals surface area contributed by atoms with E-state index in [2.05, 4.69) is 0 Å². The van der Waals surface area contributed by atoms with E-state index in [1.54, 1.807) is 0 Å². The van der Waals surface area contributed by atoms with Crippen molar-refractivity contribution in [2.24, 2.45) is 5.73 Å². The van der Waals surface area contributed by atoms with E-state index < -0.39 is 17.6 Å². The van der Waals surface area contributed by atoms with Gasteiger partial charge in [-0.1, -0.05) is 0 Å². The molecule has 1 nitrogen and oxygen atoms in total. The smallest absolute Gasteiger partial charge is 0.327 e. The van der Waals surface area contributed by atoms with Crippen molar-refractivity contribution >= 4 is 0 Å². The van der Waals surface area contributed by atoms with Gasteiger partial charge in [-0.25, -0.2) is 8.78 Å². The fraction of sp³-hybridized carbons (Fsp3) is 0.333. The Morgan fingerprint density at radius 3 is 2.39 bits per heavy atom. The molecule has 0 bridgehead atoms. The minimum absolute atomic E-state index is 0.0159. The Kier molecular flexibility index (Phi) is 4.84. The molecular weight excluding hydrogens is 253 g/mol. The van der Waals surface area contributed by atoms with Crippen molar-refractivity contribution in [2.75, 3.05) is 6.54 Å². The van der Waals surface area contributed by atoms with Crippen LogP contribution in [0, 0.1) is 5.82 Å². The summed E-state index contributed by atoms with van der Waals surface area (Å²) in [6.45, 7) is -0.0159. The maximum atomic E-state index is 13.0. The van der Waals surface area contributed by atoms with Gasteiger partial charge in [0.1, 0.15) is 5.82 Å². The molecule has 0 heterocycles. The van der Waals surface area contributed by atoms with Gasteiger partial charge in [0, 0.05) is 6.54 Å². The quantitative estimate of drug-likeness (QED) is 0.827. The van der Waals surface area contributed by atoms with Gasteiger partial charge in [-0.3, -0.25) is 0 Å². The maximum absolute atomic E-state index is 13.0. The van der Waals surface area contributed by atoms with E-state index in [-0.39, 0.29) is 30.5 Å². The molecule has 0 fully saturated rings. The normalized spacial score (nSPS) is 12.9. The highest BCUT2D eigenvalue weighted by atomic mass is 19.4. The van der Waals surface area contributed by atoms with Crippen LogP contribution < -0.4 is 5.73 Å². The maximum Gasteiger partial charge on any atom is 0.416 e. The second-order valence-electron chi connectivity index (χ2n) is 3.82. The second kappa shape index (κ2) is 5.95. The molecule has 0 unspecified atom stereocenters. The molecule has 0 aliphatic rings. The largest absolute Gasteiger partial charge is 0.416 e. The summed E-state index contributed by atoms with van der Waals surface area (Å²) in [4.78, 5) is 0. The fourth-order valence-electron chi connectivity index (χ4n) is 1.46. The van der Waals surface area contributed by atoms with E-state index in [9.17, 15) is 22.0 Å². The Balaban J connectivity index is 2.87. The van der Waals surface area contributed by atoms with Crippen LogP contribution in [-0.4, -0.2) is 6.54 Å². The number of nitrogens with two attached hydrogens (primary N) is 1. The second-order valence-corrected chi connectivity index (χ2v) is 3.82. The summed E-state index contributed by atoms with van der Waals surface area (Å²) in [5.41, 5.74) is 4.60. The van der Waals surface area contributed by atoms with Crippen molar-refractivity contribution < 1.29 is 22.0 Å². The first-order valence-corrected chi connectivity index (χ1v) is 5.21. The minimum Gasteiger partial charge on any atom is -0.327 e. The van der Waals surface area contributed by atoms with Crippen molar-refractivity contribution in [1.82, 2.24) is 0 Å². The lowest BCUT2D eigenvalue weighted by Gasteiger charge is -2.09. The number of halogens is 5. The third kappa shape index (κ3) is 4.10. The Hall–Kier alpha value is -1.43. The zero-order valence-corrected chi connectivity index (χ0v) is 9.40. The van der Waals surface area contributed by atoms with Crippen molar-refractivity contribution in [1.29, 1.82) is 0 Å². The third-order valence-electron chi connectivity index (χ3n) is 2.44. The predicted molar refractivity (Wildman–Crippen MR) is 58.0 cm³/mol. The Morgan fingerprint density at radius 1 is 1.22 bits per heavy atom. The van der Waals surface area contributed by atoms with Crippen LogP contribution in [0.5, 0.6) is 0 Å². The molecular formula is C12H12F5N. The monoisotopic (exact) mass is 265 g/mol. The first kappa shape index (κ1) is 14.6. The van der Waals surface area contributed by atoms with Crippen molar-refractivity contribution in [3.05, 3.63) is 47.0 Å². The summed E-state index contributed by atoms with van der Waals surface area (Å²) in [6, 6.07) is 2.29. The van der Waals surface area contributed by atoms with Crippen LogP contribution in [-0.2, 0) is 12.6 Å². The fourth-order valence-corrected chi connectivity index (χ4v) is 1.46. The molecule has 100 valence electrons. The lowest BCUT2D eigenvalue weighted by Crippen LogP contribution is -2.07. The Labute approximate surface area is 101 Å². The highest BCUT2D eigenvalue weighted by molar-refractivity contribution is 5.27. The van der Waals surface area contributed by atoms with Crippen LogP contribution in [0.4, 0.5) is 22.0 Å². The molecule has 0 aliphatic carbocycles. The molecule has 2 N–H and O–H groups in total. The van der Waals surface area contributed by atoms with Gasteiger partial charge in [0.15, 0.2) is 0 Å². The molecule has 1 rings (SSSR count). The molecule has 0 aliphatic heterocycles. The minimum atomic E-state index is -4.59. The summed E-state index contributed by atoms with van der Waals surface area (Å²) in [7, 11) is 0. The first-order chi connectivity index (χ1) is 8.36. The topological polar surface area (TPSA) is 26.0 Å². The van der Waals surface area contributed by atoms with Gasteiger partial charge in [-0.05, 0) is 42.2 Å². The number of hydrogen-bond acceptors (Lipinski definition) is 1. The number of aryl methyl sites for hydroxylation is 1. The van der Waals surface area contributed by atoms with Crippen LogP contribution in [0.2, 0.25) is 0 Å². The van der Waals surface area contributed by atoms with Gasteiger partial charge in [0.2, 0.25) is 0 Å². The van der Waals surface area contributed by atoms with Crippen LogP contribution in [0.25, 0.3) is 0 Å². The summed E-state index contributed by atoms with van der Waals surface area (Å²) >= 11 is 0. The van der Waals surface area contributed by atoms with E-state index in [1.807, 2.05) is 0 Å². The summed E-state index contributed by atoms with van der Waals surface area (Å²) in [5.74, 6) is -0.960. The van der Waals surface area contributed by atoms with Gasteiger partial charge in [-0.2, -0.15) is 13.2 Å². The summed E-state index contributed by atoms with van der Waals surface area (Å²) in [6.07, 6.45) is -4.00. The average Bonchev–Trinajstić information content (AvgIpc) is 2.28. The Bertz CT molecular complexity index is 437. The number of hydrogen-bond donors (Lipinski definition) is 1. The van der Waals surface area contributed by atoms with E-state index in [0.29, 0.717) is 12.4 Å². The summed E-state index contributed by atoms with van der Waals surface area (Å²) < 4.78 is 62.5. The molecule has 1 aromatic rings. The van der Waals surface area contributed by atoms with Crippen LogP contribution in [0.15, 0.2) is 30.1 Å². The molecule has 0 amide bonds. The van der Waals surface area contributed by atoms with Crippen molar-refractivity contribution in [2.45, 2.75) is 19.0 Å². The number of rotatable bonds is 4. The Morgan fingerprint density at radius 2 is 1.89 bits per heavy atom. The molecule has 0 aromatic heterocycles. The highest BCUT2D eigenvalue weighted by Crippen LogP contribution is 2.30. The third-order valence-corrected chi connectivity index (χ3v) is 2.44. The lowest BCUT2D eigenvalue weighted by atomic mass is 10.0. The van der Waals surface area contributed by atoms with Crippen molar-refractivity contribution in [3.63, 3.8) is 0 Å². The van der Waals surface area contributed by atoms with Crippen LogP contribution in [0.1, 0.15) is 17.5 Å². The number of alkyl halides is 3. The van der Waals surface area contributed by atoms with Gasteiger partial charge in [0.05, 0.1) is 11.9 Å². The SMILES string of the molecule is NCC(=CF)CCc1cc(F)cc(C(F)(F)F)c1. The molecule has 0 radical (unpaired) electrons. The van der Waals surface area contributed by atoms with Gasteiger partial charge in [0.25, 0.3) is 0 Å². The highest BCUT2D eigenvalue weighted by Gasteiger charge is 2.31. The zero-order valence-electron chi connectivity index (χ0n) is 9.40. The van der Waals surface area contributed by atoms with E-state index in [1.165, 1.54) is 0 Å². The molecule has 0 spiro atoms. The van der Waals surface area contributed by atoms with E-state index >= 15 is 0 Å². The first-order valence-electron chi connectivity index (χ1n) is 5.21. The molecule has 1 aromatic carbocycles. The van der Waals surface area contributed by atoms with Gasteiger partial charge in [-0.15, -0.1) is 0 Å². The molecule has 18 heavy (non-hydrogen) atoms. The standard InChI is InChI=1S/C12H12F5N/c13-6-9(7-18)2-1-8-3-10(12(15,16)17)5-11(14)4-8/h3-6H,1-2,7,18H2. The molecule has 6 heteroatoms. The lowest BCUT2D eigenvalue weighted by molar-refractivity contribution is -0.137. The molecule has 0 atom stereocenters. The molecule has 0 saturated carbocycles. The van der Waals surface area contributed by atoms with Gasteiger partial charge < -0.3 is 5.73 Å². The van der Waals surface area contributed by atoms with E-state index in [4.69, 9.17) is 5.73 Å².